The molecule has 0 bridgehead atoms. The van der Waals surface area contributed by atoms with Crippen molar-refractivity contribution in [2.45, 2.75) is 58.2 Å². The first-order chi connectivity index (χ1) is 13.4. The summed E-state index contributed by atoms with van der Waals surface area (Å²) in [4.78, 5) is 6.63. The van der Waals surface area contributed by atoms with Gasteiger partial charge in [-0.1, -0.05) is 19.9 Å². The Hall–Kier alpha value is -1.82. The standard InChI is InChI=1S/C22H33FN4O/c1-14-7-8-17(23)18(12-14)27-10-5-6-15(13-27)25-21(24-4)26-19-16-9-11-28-20(16)22(19,2)3/h7-8,12,15-16,19-20H,5-6,9-11,13H2,1-4H3,(H2,24,25,26). The minimum atomic E-state index is -0.141. The molecule has 28 heavy (non-hydrogen) atoms. The molecule has 4 atom stereocenters. The second kappa shape index (κ2) is 7.54. The predicted molar refractivity (Wildman–Crippen MR) is 111 cm³/mol. The number of nitrogens with one attached hydrogen (secondary N) is 2. The Balaban J connectivity index is 1.39. The van der Waals surface area contributed by atoms with Crippen molar-refractivity contribution in [1.29, 1.82) is 0 Å². The van der Waals surface area contributed by atoms with Gasteiger partial charge >= 0.3 is 0 Å². The second-order valence-corrected chi connectivity index (χ2v) is 9.14. The van der Waals surface area contributed by atoms with Gasteiger partial charge in [-0.25, -0.2) is 4.39 Å². The molecule has 0 spiro atoms. The van der Waals surface area contributed by atoms with Crippen molar-refractivity contribution in [3.63, 3.8) is 0 Å². The molecule has 1 saturated carbocycles. The fraction of sp³-hybridized carbons (Fsp3) is 0.682. The summed E-state index contributed by atoms with van der Waals surface area (Å²) < 4.78 is 20.2. The molecule has 1 aromatic rings. The molecule has 0 amide bonds. The van der Waals surface area contributed by atoms with Crippen LogP contribution >= 0.6 is 0 Å². The van der Waals surface area contributed by atoms with Crippen molar-refractivity contribution < 1.29 is 9.13 Å². The first-order valence-corrected chi connectivity index (χ1v) is 10.5. The third kappa shape index (κ3) is 3.47. The molecule has 4 rings (SSSR count). The van der Waals surface area contributed by atoms with Gasteiger partial charge in [-0.05, 0) is 43.9 Å². The van der Waals surface area contributed by atoms with Gasteiger partial charge in [0.05, 0.1) is 11.8 Å². The third-order valence-electron chi connectivity index (χ3n) is 6.82. The highest BCUT2D eigenvalue weighted by Crippen LogP contribution is 2.52. The number of fused-ring (bicyclic) bond motifs is 1. The number of piperidine rings is 1. The van der Waals surface area contributed by atoms with E-state index in [9.17, 15) is 4.39 Å². The zero-order valence-electron chi connectivity index (χ0n) is 17.5. The minimum Gasteiger partial charge on any atom is -0.377 e. The lowest BCUT2D eigenvalue weighted by Gasteiger charge is -2.55. The maximum Gasteiger partial charge on any atom is 0.191 e. The second-order valence-electron chi connectivity index (χ2n) is 9.14. The molecular formula is C22H33FN4O. The van der Waals surface area contributed by atoms with Crippen LogP contribution in [0.25, 0.3) is 0 Å². The lowest BCUT2D eigenvalue weighted by molar-refractivity contribution is -0.106. The third-order valence-corrected chi connectivity index (χ3v) is 6.82. The maximum absolute atomic E-state index is 14.3. The molecular weight excluding hydrogens is 355 g/mol. The summed E-state index contributed by atoms with van der Waals surface area (Å²) >= 11 is 0. The van der Waals surface area contributed by atoms with E-state index in [0.717, 1.165) is 50.5 Å². The summed E-state index contributed by atoms with van der Waals surface area (Å²) in [5.74, 6) is 1.27. The van der Waals surface area contributed by atoms with Crippen molar-refractivity contribution >= 4 is 11.6 Å². The first-order valence-electron chi connectivity index (χ1n) is 10.5. The molecule has 0 aromatic heterocycles. The van der Waals surface area contributed by atoms with Gasteiger partial charge in [0, 0.05) is 50.2 Å². The number of hydrogen-bond donors (Lipinski definition) is 2. The van der Waals surface area contributed by atoms with E-state index in [1.807, 2.05) is 26.1 Å². The number of rotatable bonds is 3. The molecule has 3 fully saturated rings. The largest absolute Gasteiger partial charge is 0.377 e. The van der Waals surface area contributed by atoms with Gasteiger partial charge in [-0.15, -0.1) is 0 Å². The average molecular weight is 389 g/mol. The summed E-state index contributed by atoms with van der Waals surface area (Å²) in [5, 5.41) is 7.24. The SMILES string of the molecule is CN=C(NC1CCCN(c2cc(C)ccc2F)C1)NC1C2CCOC2C1(C)C. The number of anilines is 1. The molecule has 154 valence electrons. The van der Waals surface area contributed by atoms with Crippen LogP contribution in [-0.2, 0) is 4.74 Å². The lowest BCUT2D eigenvalue weighted by Crippen LogP contribution is -2.68. The number of aryl methyl sites for hydroxylation is 1. The van der Waals surface area contributed by atoms with E-state index in [1.165, 1.54) is 0 Å². The topological polar surface area (TPSA) is 48.9 Å². The smallest absolute Gasteiger partial charge is 0.191 e. The van der Waals surface area contributed by atoms with E-state index in [1.54, 1.807) is 6.07 Å². The summed E-state index contributed by atoms with van der Waals surface area (Å²) in [5.41, 5.74) is 1.91. The number of ether oxygens (including phenoxy) is 1. The fourth-order valence-electron chi connectivity index (χ4n) is 5.31. The maximum atomic E-state index is 14.3. The number of aliphatic imine (C=N–C) groups is 1. The highest BCUT2D eigenvalue weighted by molar-refractivity contribution is 5.80. The Labute approximate surface area is 167 Å². The quantitative estimate of drug-likeness (QED) is 0.617. The van der Waals surface area contributed by atoms with Crippen LogP contribution in [0.3, 0.4) is 0 Å². The van der Waals surface area contributed by atoms with E-state index in [0.29, 0.717) is 23.8 Å². The van der Waals surface area contributed by atoms with E-state index in [2.05, 4.69) is 34.4 Å². The number of halogens is 1. The molecule has 2 aliphatic heterocycles. The summed E-state index contributed by atoms with van der Waals surface area (Å²) in [6.45, 7) is 9.09. The first kappa shape index (κ1) is 19.5. The Morgan fingerprint density at radius 2 is 2.11 bits per heavy atom. The van der Waals surface area contributed by atoms with Gasteiger partial charge in [0.1, 0.15) is 5.82 Å². The molecule has 6 heteroatoms. The van der Waals surface area contributed by atoms with Crippen molar-refractivity contribution in [3.8, 4) is 0 Å². The zero-order valence-corrected chi connectivity index (χ0v) is 17.5. The monoisotopic (exact) mass is 388 g/mol. The van der Waals surface area contributed by atoms with Crippen LogP contribution in [0.1, 0.15) is 38.7 Å². The van der Waals surface area contributed by atoms with Crippen molar-refractivity contribution in [2.75, 3.05) is 31.6 Å². The van der Waals surface area contributed by atoms with Crippen LogP contribution in [0.4, 0.5) is 10.1 Å². The zero-order chi connectivity index (χ0) is 19.9. The molecule has 5 nitrogen and oxygen atoms in total. The van der Waals surface area contributed by atoms with Gasteiger partial charge in [0.15, 0.2) is 5.96 Å². The van der Waals surface area contributed by atoms with Gasteiger partial charge in [-0.3, -0.25) is 4.99 Å². The van der Waals surface area contributed by atoms with Crippen LogP contribution in [0, 0.1) is 24.1 Å². The van der Waals surface area contributed by atoms with Crippen LogP contribution in [0.15, 0.2) is 23.2 Å². The Kier molecular flexibility index (Phi) is 5.25. The van der Waals surface area contributed by atoms with E-state index in [4.69, 9.17) is 4.74 Å². The van der Waals surface area contributed by atoms with Gasteiger partial charge in [0.2, 0.25) is 0 Å². The van der Waals surface area contributed by atoms with Crippen LogP contribution < -0.4 is 15.5 Å². The van der Waals surface area contributed by atoms with E-state index in [-0.39, 0.29) is 17.3 Å². The number of benzene rings is 1. The predicted octanol–water partition coefficient (Wildman–Crippen LogP) is 3.08. The molecule has 2 heterocycles. The normalized spacial score (nSPS) is 31.9. The molecule has 2 saturated heterocycles. The van der Waals surface area contributed by atoms with E-state index < -0.39 is 0 Å². The molecule has 3 aliphatic rings. The number of hydrogen-bond acceptors (Lipinski definition) is 3. The highest BCUT2D eigenvalue weighted by Gasteiger charge is 2.59. The van der Waals surface area contributed by atoms with Crippen LogP contribution in [0.5, 0.6) is 0 Å². The Bertz CT molecular complexity index is 750. The summed E-state index contributed by atoms with van der Waals surface area (Å²) in [7, 11) is 1.82. The molecule has 1 aliphatic carbocycles. The van der Waals surface area contributed by atoms with Gasteiger partial charge < -0.3 is 20.3 Å². The summed E-state index contributed by atoms with van der Waals surface area (Å²) in [6.07, 6.45) is 3.58. The van der Waals surface area contributed by atoms with Crippen LogP contribution in [0.2, 0.25) is 0 Å². The van der Waals surface area contributed by atoms with Gasteiger partial charge in [0.25, 0.3) is 0 Å². The fourth-order valence-corrected chi connectivity index (χ4v) is 5.31. The molecule has 1 aromatic carbocycles. The van der Waals surface area contributed by atoms with Crippen molar-refractivity contribution in [2.24, 2.45) is 16.3 Å². The lowest BCUT2D eigenvalue weighted by atomic mass is 9.57. The summed E-state index contributed by atoms with van der Waals surface area (Å²) in [6, 6.07) is 5.96. The number of guanidine groups is 1. The Morgan fingerprint density at radius 1 is 1.29 bits per heavy atom. The molecule has 2 N–H and O–H groups in total. The molecule has 4 unspecified atom stereocenters. The van der Waals surface area contributed by atoms with Gasteiger partial charge in [-0.2, -0.15) is 0 Å². The van der Waals surface area contributed by atoms with Crippen molar-refractivity contribution in [1.82, 2.24) is 10.6 Å². The van der Waals surface area contributed by atoms with Crippen molar-refractivity contribution in [3.05, 3.63) is 29.6 Å². The molecule has 0 radical (unpaired) electrons. The minimum absolute atomic E-state index is 0.113. The highest BCUT2D eigenvalue weighted by atomic mass is 19.1. The average Bonchev–Trinajstić information content (AvgIpc) is 3.14. The number of nitrogens with zero attached hydrogens (tertiary/aromatic N) is 2. The Morgan fingerprint density at radius 3 is 2.89 bits per heavy atom. The van der Waals surface area contributed by atoms with E-state index >= 15 is 0 Å². The van der Waals surface area contributed by atoms with Crippen LogP contribution in [-0.4, -0.2) is 50.9 Å².